The Morgan fingerprint density at radius 1 is 0.655 bits per heavy atom. The number of hydrogen-bond donors (Lipinski definition) is 4. The molecule has 0 bridgehead atoms. The molecule has 1 unspecified atom stereocenters. The zero-order chi connectivity index (χ0) is 36.0. The van der Waals surface area contributed by atoms with Crippen LogP contribution in [0.15, 0.2) is 122 Å². The van der Waals surface area contributed by atoms with Crippen LogP contribution in [0.1, 0.15) is 25.7 Å². The van der Waals surface area contributed by atoms with E-state index in [1.165, 1.54) is 37.1 Å². The van der Waals surface area contributed by atoms with Crippen molar-refractivity contribution in [1.82, 2.24) is 29.1 Å². The van der Waals surface area contributed by atoms with Crippen LogP contribution in [0.2, 0.25) is 0 Å². The average molecular weight is 725 g/mol. The molecule has 270 valence electrons. The van der Waals surface area contributed by atoms with Crippen molar-refractivity contribution >= 4 is 86.1 Å². The summed E-state index contributed by atoms with van der Waals surface area (Å²) in [6.07, 6.45) is 18.3. The maximum absolute atomic E-state index is 5.24. The lowest BCUT2D eigenvalue weighted by atomic mass is 9.85. The molecule has 9 heterocycles. The number of nitrogens with zero attached hydrogens (tertiary/aromatic N) is 10. The zero-order valence-corrected chi connectivity index (χ0v) is 29.9. The summed E-state index contributed by atoms with van der Waals surface area (Å²) in [7, 11) is 0. The van der Waals surface area contributed by atoms with Gasteiger partial charge in [-0.15, -0.1) is 0 Å². The van der Waals surface area contributed by atoms with E-state index in [0.717, 1.165) is 99.6 Å². The average Bonchev–Trinajstić information content (AvgIpc) is 4.05. The number of rotatable bonds is 7. The van der Waals surface area contributed by atoms with Crippen LogP contribution in [0.5, 0.6) is 0 Å². The Morgan fingerprint density at radius 3 is 1.87 bits per heavy atom. The van der Waals surface area contributed by atoms with Gasteiger partial charge in [0.25, 0.3) is 0 Å². The second-order valence-corrected chi connectivity index (χ2v) is 14.7. The molecule has 4 N–H and O–H groups in total. The van der Waals surface area contributed by atoms with Gasteiger partial charge in [-0.3, -0.25) is 9.13 Å². The summed E-state index contributed by atoms with van der Waals surface area (Å²) in [4.78, 5) is 41.4. The van der Waals surface area contributed by atoms with Gasteiger partial charge in [0, 0.05) is 61.1 Å². The van der Waals surface area contributed by atoms with E-state index in [4.69, 9.17) is 29.9 Å². The van der Waals surface area contributed by atoms with Gasteiger partial charge in [0.2, 0.25) is 0 Å². The first-order valence-electron chi connectivity index (χ1n) is 19.0. The number of hydrogen-bond acceptors (Lipinski definition) is 10. The Bertz CT molecular complexity index is 2770. The third kappa shape index (κ3) is 4.73. The maximum Gasteiger partial charge on any atom is 0.148 e. The van der Waals surface area contributed by atoms with Gasteiger partial charge in [0.15, 0.2) is 0 Å². The minimum atomic E-state index is -0.279. The first kappa shape index (κ1) is 30.5. The number of anilines is 6. The van der Waals surface area contributed by atoms with Crippen molar-refractivity contribution in [2.45, 2.75) is 25.7 Å². The van der Waals surface area contributed by atoms with E-state index < -0.39 is 0 Å². The summed E-state index contributed by atoms with van der Waals surface area (Å²) in [5.74, 6) is 4.38. The summed E-state index contributed by atoms with van der Waals surface area (Å²) in [5, 5.41) is 7.30. The summed E-state index contributed by atoms with van der Waals surface area (Å²) in [6, 6.07) is 16.9. The Kier molecular flexibility index (Phi) is 6.53. The number of benzene rings is 2. The molecule has 0 saturated carbocycles. The highest BCUT2D eigenvalue weighted by Gasteiger charge is 2.43. The van der Waals surface area contributed by atoms with Gasteiger partial charge in [-0.25, -0.2) is 29.9 Å². The second-order valence-electron chi connectivity index (χ2n) is 14.7. The van der Waals surface area contributed by atoms with Gasteiger partial charge in [0.05, 0.1) is 33.4 Å². The number of aliphatic imine (C=N–C) groups is 4. The molecule has 55 heavy (non-hydrogen) atoms. The first-order valence-corrected chi connectivity index (χ1v) is 19.0. The van der Waals surface area contributed by atoms with Crippen LogP contribution in [0.25, 0.3) is 27.9 Å². The molecule has 2 aromatic carbocycles. The van der Waals surface area contributed by atoms with Gasteiger partial charge in [-0.05, 0) is 79.8 Å². The van der Waals surface area contributed by atoms with E-state index in [0.29, 0.717) is 11.7 Å². The van der Waals surface area contributed by atoms with Crippen LogP contribution in [-0.4, -0.2) is 79.1 Å². The number of dihydropyridines is 1. The van der Waals surface area contributed by atoms with Crippen molar-refractivity contribution < 1.29 is 0 Å². The number of imidazole rings is 2. The fourth-order valence-corrected chi connectivity index (χ4v) is 8.95. The van der Waals surface area contributed by atoms with Crippen molar-refractivity contribution in [3.05, 3.63) is 102 Å². The number of nitrogens with one attached hydrogen (secondary N) is 4. The quantitative estimate of drug-likeness (QED) is 0.137. The molecule has 0 radical (unpaired) electrons. The van der Waals surface area contributed by atoms with Crippen LogP contribution in [-0.2, 0) is 0 Å². The van der Waals surface area contributed by atoms with E-state index in [1.54, 1.807) is 6.34 Å². The minimum Gasteiger partial charge on any atom is -0.371 e. The molecule has 0 spiro atoms. The van der Waals surface area contributed by atoms with Crippen molar-refractivity contribution in [2.24, 2.45) is 25.9 Å². The van der Waals surface area contributed by atoms with Crippen molar-refractivity contribution in [2.75, 3.05) is 46.6 Å². The van der Waals surface area contributed by atoms with Gasteiger partial charge in [-0.2, -0.15) is 0 Å². The highest BCUT2D eigenvalue weighted by Crippen LogP contribution is 2.46. The standard InChI is InChI=1S/C41H36N14/c1-2-14-52(13-1)24-17-28-36(30(19-24)48-32-7-5-11-42-32)54(22-46-28)40-26-9-10-27-34(26)35-38(50-40)44-21-45-39(35)51-41(27)55-23-47-29-18-25(53-15-3-4-16-53)20-31(37(29)55)49-33-8-6-12-43-33/h5-12,17-23,35,42-43,48-49H,1-4,13-16H2. The zero-order valence-electron chi connectivity index (χ0n) is 29.9. The van der Waals surface area contributed by atoms with Crippen molar-refractivity contribution in [3.8, 4) is 0 Å². The van der Waals surface area contributed by atoms with E-state index in [-0.39, 0.29) is 5.92 Å². The Hall–Kier alpha value is -6.96. The van der Waals surface area contributed by atoms with E-state index in [1.807, 2.05) is 49.3 Å². The van der Waals surface area contributed by atoms with Gasteiger partial charge < -0.3 is 30.4 Å². The predicted octanol–water partition coefficient (Wildman–Crippen LogP) is 7.19. The highest BCUT2D eigenvalue weighted by atomic mass is 15.2. The van der Waals surface area contributed by atoms with Crippen molar-refractivity contribution in [3.63, 3.8) is 0 Å². The summed E-state index contributed by atoms with van der Waals surface area (Å²) in [5.41, 5.74) is 11.0. The molecule has 12 rings (SSSR count). The van der Waals surface area contributed by atoms with E-state index in [9.17, 15) is 0 Å². The Balaban J connectivity index is 1.03. The largest absolute Gasteiger partial charge is 0.371 e. The van der Waals surface area contributed by atoms with Gasteiger partial charge in [-0.1, -0.05) is 12.2 Å². The Labute approximate surface area is 315 Å². The molecule has 4 aromatic heterocycles. The minimum absolute atomic E-state index is 0.279. The molecule has 14 nitrogen and oxygen atoms in total. The molecule has 14 heteroatoms. The summed E-state index contributed by atoms with van der Waals surface area (Å²) < 4.78 is 4.20. The number of aromatic nitrogens is 6. The smallest absolute Gasteiger partial charge is 0.148 e. The maximum atomic E-state index is 5.24. The van der Waals surface area contributed by atoms with Crippen LogP contribution >= 0.6 is 0 Å². The third-order valence-electron chi connectivity index (χ3n) is 11.5. The molecule has 0 amide bonds. The van der Waals surface area contributed by atoms with Crippen LogP contribution < -0.4 is 20.4 Å². The second kappa shape index (κ2) is 11.8. The molecule has 2 fully saturated rings. The number of H-pyrrole nitrogens is 2. The normalized spacial score (nSPS) is 19.9. The molecule has 1 aliphatic carbocycles. The SMILES string of the molecule is C1=CC2=C(n3cnc4cc(N5CCCC5)cc(Nc5ccc[nH]5)c43)N=C3N=CN=C4N=C(n5cnc6cc(N7CCCC7)cc(Nc7ccc[nH]7)c65)C1=C2C43. The lowest BCUT2D eigenvalue weighted by molar-refractivity contribution is 0.949. The molecule has 2 saturated heterocycles. The number of amidine groups is 2. The Morgan fingerprint density at radius 2 is 1.25 bits per heavy atom. The summed E-state index contributed by atoms with van der Waals surface area (Å²) in [6.45, 7) is 4.17. The van der Waals surface area contributed by atoms with Crippen LogP contribution in [0.3, 0.4) is 0 Å². The van der Waals surface area contributed by atoms with Crippen LogP contribution in [0.4, 0.5) is 34.4 Å². The monoisotopic (exact) mass is 724 g/mol. The van der Waals surface area contributed by atoms with Gasteiger partial charge in [0.1, 0.15) is 59.9 Å². The predicted molar refractivity (Wildman–Crippen MR) is 220 cm³/mol. The highest BCUT2D eigenvalue weighted by molar-refractivity contribution is 6.27. The molecule has 5 aliphatic heterocycles. The molecule has 1 atom stereocenters. The number of fused-ring (bicyclic) bond motifs is 2. The first-order chi connectivity index (χ1) is 27.2. The van der Waals surface area contributed by atoms with Crippen LogP contribution in [0, 0.1) is 5.92 Å². The third-order valence-corrected chi connectivity index (χ3v) is 11.5. The van der Waals surface area contributed by atoms with Crippen molar-refractivity contribution in [1.29, 1.82) is 0 Å². The topological polar surface area (TPSA) is 147 Å². The summed E-state index contributed by atoms with van der Waals surface area (Å²) >= 11 is 0. The molecule has 6 aliphatic rings. The lowest BCUT2D eigenvalue weighted by Crippen LogP contribution is -2.36. The molecular formula is C41H36N14. The molecule has 6 aromatic rings. The van der Waals surface area contributed by atoms with E-state index >= 15 is 0 Å². The van der Waals surface area contributed by atoms with E-state index in [2.05, 4.69) is 76.0 Å². The fourth-order valence-electron chi connectivity index (χ4n) is 8.95. The fraction of sp³-hybridized carbons (Fsp3) is 0.220. The number of aromatic amines is 2. The molecular weight excluding hydrogens is 689 g/mol. The lowest BCUT2D eigenvalue weighted by Gasteiger charge is -2.31. The number of allylic oxidation sites excluding steroid dienone is 4. The van der Waals surface area contributed by atoms with Gasteiger partial charge >= 0.3 is 0 Å².